The second-order valence-electron chi connectivity index (χ2n) is 2.76. The number of nitrogens with one attached hydrogen (secondary N) is 2. The summed E-state index contributed by atoms with van der Waals surface area (Å²) in [5, 5.41) is 6.07. The zero-order valence-corrected chi connectivity index (χ0v) is 9.09. The summed E-state index contributed by atoms with van der Waals surface area (Å²) in [6, 6.07) is 0. The fourth-order valence-corrected chi connectivity index (χ4v) is 2.02. The lowest BCUT2D eigenvalue weighted by atomic mass is 10.5. The maximum absolute atomic E-state index is 11.6. The first-order chi connectivity index (χ1) is 6.97. The molecule has 15 heavy (non-hydrogen) atoms. The molecule has 1 rings (SSSR count). The van der Waals surface area contributed by atoms with Gasteiger partial charge in [0.15, 0.2) is 0 Å². The van der Waals surface area contributed by atoms with Crippen LogP contribution in [0.3, 0.4) is 0 Å². The van der Waals surface area contributed by atoms with Gasteiger partial charge in [-0.3, -0.25) is 9.89 Å². The largest absolute Gasteiger partial charge is 0.468 e. The average molecular weight is 233 g/mol. The molecule has 2 N–H and O–H groups in total. The van der Waals surface area contributed by atoms with Gasteiger partial charge in [0.25, 0.3) is 0 Å². The van der Waals surface area contributed by atoms with E-state index in [-0.39, 0.29) is 4.90 Å². The van der Waals surface area contributed by atoms with E-state index in [1.54, 1.807) is 6.92 Å². The molecule has 1 aromatic rings. The molecule has 1 aromatic heterocycles. The van der Waals surface area contributed by atoms with Crippen molar-refractivity contribution in [3.63, 3.8) is 0 Å². The van der Waals surface area contributed by atoms with Crippen molar-refractivity contribution in [2.75, 3.05) is 13.7 Å². The number of nitrogens with zero attached hydrogens (tertiary/aromatic N) is 1. The minimum atomic E-state index is -3.70. The van der Waals surface area contributed by atoms with Gasteiger partial charge in [-0.25, -0.2) is 8.42 Å². The minimum absolute atomic E-state index is 0.0198. The van der Waals surface area contributed by atoms with Gasteiger partial charge < -0.3 is 4.74 Å². The first-order valence-corrected chi connectivity index (χ1v) is 5.52. The second kappa shape index (κ2) is 4.41. The number of methoxy groups -OCH3 is 1. The van der Waals surface area contributed by atoms with Crippen LogP contribution in [-0.2, 0) is 19.6 Å². The summed E-state index contributed by atoms with van der Waals surface area (Å²) < 4.78 is 29.5. The highest BCUT2D eigenvalue weighted by molar-refractivity contribution is 7.89. The normalized spacial score (nSPS) is 11.3. The van der Waals surface area contributed by atoms with Crippen LogP contribution in [-0.4, -0.2) is 38.2 Å². The molecule has 0 amide bonds. The maximum atomic E-state index is 11.6. The molecule has 0 bridgehead atoms. The number of carbonyl (C=O) groups is 1. The van der Waals surface area contributed by atoms with Crippen LogP contribution in [0.2, 0.25) is 0 Å². The van der Waals surface area contributed by atoms with Gasteiger partial charge in [0.2, 0.25) is 10.0 Å². The summed E-state index contributed by atoms with van der Waals surface area (Å²) in [5.41, 5.74) is 0.410. The van der Waals surface area contributed by atoms with E-state index in [2.05, 4.69) is 19.7 Å². The lowest BCUT2D eigenvalue weighted by Crippen LogP contribution is -2.30. The zero-order chi connectivity index (χ0) is 11.5. The van der Waals surface area contributed by atoms with Gasteiger partial charge in [-0.05, 0) is 6.92 Å². The topological polar surface area (TPSA) is 101 Å². The monoisotopic (exact) mass is 233 g/mol. The van der Waals surface area contributed by atoms with E-state index < -0.39 is 22.5 Å². The molecule has 0 fully saturated rings. The van der Waals surface area contributed by atoms with Gasteiger partial charge in [0.1, 0.15) is 11.4 Å². The van der Waals surface area contributed by atoms with Crippen LogP contribution in [0.25, 0.3) is 0 Å². The molecule has 0 unspecified atom stereocenters. The van der Waals surface area contributed by atoms with Crippen molar-refractivity contribution in [3.05, 3.63) is 11.9 Å². The van der Waals surface area contributed by atoms with Gasteiger partial charge >= 0.3 is 5.97 Å². The summed E-state index contributed by atoms with van der Waals surface area (Å²) in [6.07, 6.45) is 1.18. The molecule has 0 aliphatic carbocycles. The SMILES string of the molecule is COC(=O)CNS(=O)(=O)c1cn[nH]c1C. The van der Waals surface area contributed by atoms with Crippen LogP contribution in [0.4, 0.5) is 0 Å². The number of hydrogen-bond acceptors (Lipinski definition) is 5. The molecule has 7 nitrogen and oxygen atoms in total. The number of aromatic nitrogens is 2. The van der Waals surface area contributed by atoms with Crippen molar-refractivity contribution in [2.24, 2.45) is 0 Å². The Morgan fingerprint density at radius 1 is 1.67 bits per heavy atom. The zero-order valence-electron chi connectivity index (χ0n) is 8.27. The second-order valence-corrected chi connectivity index (χ2v) is 4.50. The fourth-order valence-electron chi connectivity index (χ4n) is 0.914. The number of carbonyl (C=O) groups excluding carboxylic acids is 1. The predicted molar refractivity (Wildman–Crippen MR) is 50.5 cm³/mol. The Hall–Kier alpha value is -1.41. The van der Waals surface area contributed by atoms with Crippen LogP contribution in [0, 0.1) is 6.92 Å². The van der Waals surface area contributed by atoms with Gasteiger partial charge in [-0.1, -0.05) is 0 Å². The lowest BCUT2D eigenvalue weighted by Gasteiger charge is -2.03. The first kappa shape index (κ1) is 11.7. The number of sulfonamides is 1. The standard InChI is InChI=1S/C7H11N3O4S/c1-5-6(3-8-10-5)15(12,13)9-4-7(11)14-2/h3,9H,4H2,1-2H3,(H,8,10). The smallest absolute Gasteiger partial charge is 0.320 e. The first-order valence-electron chi connectivity index (χ1n) is 4.04. The third-order valence-corrected chi connectivity index (χ3v) is 3.22. The van der Waals surface area contributed by atoms with Gasteiger partial charge in [-0.15, -0.1) is 0 Å². The van der Waals surface area contributed by atoms with Crippen molar-refractivity contribution < 1.29 is 17.9 Å². The van der Waals surface area contributed by atoms with Crippen LogP contribution < -0.4 is 4.72 Å². The minimum Gasteiger partial charge on any atom is -0.468 e. The number of esters is 1. The molecular formula is C7H11N3O4S. The van der Waals surface area contributed by atoms with Crippen molar-refractivity contribution in [2.45, 2.75) is 11.8 Å². The van der Waals surface area contributed by atoms with E-state index in [0.29, 0.717) is 5.69 Å². The maximum Gasteiger partial charge on any atom is 0.320 e. The summed E-state index contributed by atoms with van der Waals surface area (Å²) in [6.45, 7) is 1.17. The Bertz CT molecular complexity index is 451. The third kappa shape index (κ3) is 2.77. The van der Waals surface area contributed by atoms with Crippen LogP contribution in [0.15, 0.2) is 11.1 Å². The molecule has 0 aliphatic heterocycles. The predicted octanol–water partition coefficient (Wildman–Crippen LogP) is -0.831. The van der Waals surface area contributed by atoms with E-state index in [9.17, 15) is 13.2 Å². The van der Waals surface area contributed by atoms with Crippen molar-refractivity contribution >= 4 is 16.0 Å². The number of ether oxygens (including phenoxy) is 1. The molecule has 0 saturated carbocycles. The van der Waals surface area contributed by atoms with Gasteiger partial charge in [0.05, 0.1) is 19.0 Å². The highest BCUT2D eigenvalue weighted by Crippen LogP contribution is 2.09. The van der Waals surface area contributed by atoms with E-state index in [4.69, 9.17) is 0 Å². The Morgan fingerprint density at radius 3 is 2.80 bits per heavy atom. The molecule has 84 valence electrons. The highest BCUT2D eigenvalue weighted by Gasteiger charge is 2.19. The van der Waals surface area contributed by atoms with Crippen molar-refractivity contribution in [1.29, 1.82) is 0 Å². The summed E-state index contributed by atoms with van der Waals surface area (Å²) in [7, 11) is -2.52. The average Bonchev–Trinajstić information content (AvgIpc) is 2.61. The lowest BCUT2D eigenvalue weighted by molar-refractivity contribution is -0.139. The number of aryl methyl sites for hydroxylation is 1. The summed E-state index contributed by atoms with van der Waals surface area (Å²) in [4.78, 5) is 10.8. The Balaban J connectivity index is 2.77. The fraction of sp³-hybridized carbons (Fsp3) is 0.429. The molecule has 0 atom stereocenters. The summed E-state index contributed by atoms with van der Waals surface area (Å²) >= 11 is 0. The van der Waals surface area contributed by atoms with Crippen LogP contribution in [0.5, 0.6) is 0 Å². The van der Waals surface area contributed by atoms with Crippen molar-refractivity contribution in [3.8, 4) is 0 Å². The van der Waals surface area contributed by atoms with Gasteiger partial charge in [0, 0.05) is 0 Å². The van der Waals surface area contributed by atoms with E-state index in [1.807, 2.05) is 0 Å². The highest BCUT2D eigenvalue weighted by atomic mass is 32.2. The molecular weight excluding hydrogens is 222 g/mol. The van der Waals surface area contributed by atoms with Crippen molar-refractivity contribution in [1.82, 2.24) is 14.9 Å². The molecule has 0 aromatic carbocycles. The van der Waals surface area contributed by atoms with E-state index in [0.717, 1.165) is 0 Å². The Kier molecular flexibility index (Phi) is 3.43. The van der Waals surface area contributed by atoms with E-state index in [1.165, 1.54) is 13.3 Å². The molecule has 0 spiro atoms. The molecule has 1 heterocycles. The Labute approximate surface area is 86.9 Å². The Morgan fingerprint density at radius 2 is 2.33 bits per heavy atom. The molecule has 0 saturated heterocycles. The molecule has 0 radical (unpaired) electrons. The van der Waals surface area contributed by atoms with E-state index >= 15 is 0 Å². The van der Waals surface area contributed by atoms with Crippen LogP contribution >= 0.6 is 0 Å². The number of hydrogen-bond donors (Lipinski definition) is 2. The van der Waals surface area contributed by atoms with Gasteiger partial charge in [-0.2, -0.15) is 9.82 Å². The third-order valence-electron chi connectivity index (χ3n) is 1.71. The summed E-state index contributed by atoms with van der Waals surface area (Å²) in [5.74, 6) is -0.653. The quantitative estimate of drug-likeness (QED) is 0.661. The van der Waals surface area contributed by atoms with Crippen LogP contribution in [0.1, 0.15) is 5.69 Å². The number of H-pyrrole nitrogens is 1. The molecule has 8 heteroatoms. The number of aromatic amines is 1. The molecule has 0 aliphatic rings. The number of rotatable bonds is 4.